The number of aryl methyl sites for hydroxylation is 1. The summed E-state index contributed by atoms with van der Waals surface area (Å²) in [4.78, 5) is 0. The van der Waals surface area contributed by atoms with Crippen LogP contribution in [0.1, 0.15) is 39.2 Å². The minimum absolute atomic E-state index is 0. The van der Waals surface area contributed by atoms with Crippen molar-refractivity contribution in [3.8, 4) is 0 Å². The van der Waals surface area contributed by atoms with Gasteiger partial charge in [0.15, 0.2) is 0 Å². The lowest BCUT2D eigenvalue weighted by Crippen LogP contribution is -3.00. The maximum Gasteiger partial charge on any atom is 0.0786 e. The predicted octanol–water partition coefficient (Wildman–Crippen LogP) is 0.890. The molecule has 0 aliphatic carbocycles. The molecule has 18 heavy (non-hydrogen) atoms. The summed E-state index contributed by atoms with van der Waals surface area (Å²) in [5, 5.41) is 0. The van der Waals surface area contributed by atoms with Crippen LogP contribution in [0.3, 0.4) is 0 Å². The van der Waals surface area contributed by atoms with E-state index in [1.165, 1.54) is 55.5 Å². The Hall–Kier alpha value is -0.340. The number of halogens is 1. The number of rotatable bonds is 8. The zero-order chi connectivity index (χ0) is 12.6. The fourth-order valence-corrected chi connectivity index (χ4v) is 2.57. The Morgan fingerprint density at radius 3 is 1.89 bits per heavy atom. The van der Waals surface area contributed by atoms with Crippen LogP contribution in [0.2, 0.25) is 0 Å². The highest BCUT2D eigenvalue weighted by atomic mass is 79.9. The van der Waals surface area contributed by atoms with E-state index >= 15 is 0 Å². The molecule has 0 saturated carbocycles. The van der Waals surface area contributed by atoms with Gasteiger partial charge in [0.25, 0.3) is 0 Å². The Balaban J connectivity index is 0.00000289. The quantitative estimate of drug-likeness (QED) is 0.494. The van der Waals surface area contributed by atoms with Crippen LogP contribution in [0.15, 0.2) is 30.3 Å². The van der Waals surface area contributed by atoms with E-state index in [4.69, 9.17) is 0 Å². The summed E-state index contributed by atoms with van der Waals surface area (Å²) in [5.74, 6) is 0. The third kappa shape index (κ3) is 5.53. The Labute approximate surface area is 124 Å². The van der Waals surface area contributed by atoms with Crippen molar-refractivity contribution < 1.29 is 21.5 Å². The largest absolute Gasteiger partial charge is 1.00 e. The monoisotopic (exact) mass is 313 g/mol. The molecule has 1 aromatic rings. The molecule has 0 radical (unpaired) electrons. The van der Waals surface area contributed by atoms with E-state index in [9.17, 15) is 0 Å². The van der Waals surface area contributed by atoms with Crippen molar-refractivity contribution in [1.82, 2.24) is 0 Å². The van der Waals surface area contributed by atoms with Crippen LogP contribution in [0.25, 0.3) is 0 Å². The molecule has 1 aromatic carbocycles. The standard InChI is InChI=1S/C16H28N.BrH/c1-4-17(5-2,6-3)15-11-10-14-16-12-8-7-9-13-16;/h7-9,12-13H,4-6,10-11,14-15H2,1-3H3;1H/q+1;/p-1. The Kier molecular flexibility index (Phi) is 9.39. The van der Waals surface area contributed by atoms with Gasteiger partial charge in [-0.2, -0.15) is 0 Å². The smallest absolute Gasteiger partial charge is 0.0786 e. The summed E-state index contributed by atoms with van der Waals surface area (Å²) >= 11 is 0. The summed E-state index contributed by atoms with van der Waals surface area (Å²) in [6, 6.07) is 10.8. The second-order valence-corrected chi connectivity index (χ2v) is 4.96. The molecule has 0 bridgehead atoms. The fourth-order valence-electron chi connectivity index (χ4n) is 2.57. The molecule has 0 aromatic heterocycles. The van der Waals surface area contributed by atoms with Crippen molar-refractivity contribution in [3.63, 3.8) is 0 Å². The van der Waals surface area contributed by atoms with Crippen LogP contribution in [0, 0.1) is 0 Å². The fraction of sp³-hybridized carbons (Fsp3) is 0.625. The van der Waals surface area contributed by atoms with Gasteiger partial charge in [-0.05, 0) is 45.6 Å². The third-order valence-corrected chi connectivity index (χ3v) is 4.20. The molecular formula is C16H28BrN. The molecule has 1 rings (SSSR count). The molecule has 0 aliphatic rings. The maximum absolute atomic E-state index is 2.32. The number of nitrogens with zero attached hydrogens (tertiary/aromatic N) is 1. The molecule has 0 atom stereocenters. The summed E-state index contributed by atoms with van der Waals surface area (Å²) in [6.07, 6.45) is 3.91. The lowest BCUT2D eigenvalue weighted by Gasteiger charge is -2.35. The summed E-state index contributed by atoms with van der Waals surface area (Å²) in [6.45, 7) is 12.1. The second kappa shape index (κ2) is 9.57. The molecule has 0 heterocycles. The zero-order valence-corrected chi connectivity index (χ0v) is 13.7. The topological polar surface area (TPSA) is 0 Å². The van der Waals surface area contributed by atoms with Crippen LogP contribution >= 0.6 is 0 Å². The molecule has 0 amide bonds. The second-order valence-electron chi connectivity index (χ2n) is 4.96. The van der Waals surface area contributed by atoms with E-state index in [2.05, 4.69) is 51.1 Å². The lowest BCUT2D eigenvalue weighted by atomic mass is 10.1. The van der Waals surface area contributed by atoms with Gasteiger partial charge in [0.2, 0.25) is 0 Å². The summed E-state index contributed by atoms with van der Waals surface area (Å²) < 4.78 is 1.29. The van der Waals surface area contributed by atoms with Crippen LogP contribution < -0.4 is 17.0 Å². The van der Waals surface area contributed by atoms with E-state index in [1.807, 2.05) is 0 Å². The molecule has 0 spiro atoms. The summed E-state index contributed by atoms with van der Waals surface area (Å²) in [7, 11) is 0. The zero-order valence-electron chi connectivity index (χ0n) is 12.2. The average molecular weight is 314 g/mol. The van der Waals surface area contributed by atoms with Crippen molar-refractivity contribution in [1.29, 1.82) is 0 Å². The first-order valence-corrected chi connectivity index (χ1v) is 7.15. The maximum atomic E-state index is 2.32. The predicted molar refractivity (Wildman–Crippen MR) is 76.1 cm³/mol. The minimum atomic E-state index is 0. The molecule has 0 aliphatic heterocycles. The Morgan fingerprint density at radius 1 is 0.833 bits per heavy atom. The van der Waals surface area contributed by atoms with E-state index in [-0.39, 0.29) is 17.0 Å². The average Bonchev–Trinajstić information content (AvgIpc) is 2.41. The molecular weight excluding hydrogens is 286 g/mol. The van der Waals surface area contributed by atoms with Crippen LogP contribution in [-0.4, -0.2) is 30.7 Å². The van der Waals surface area contributed by atoms with Crippen molar-refractivity contribution in [2.24, 2.45) is 0 Å². The van der Waals surface area contributed by atoms with Gasteiger partial charge in [-0.1, -0.05) is 30.3 Å². The van der Waals surface area contributed by atoms with Crippen LogP contribution in [0.4, 0.5) is 0 Å². The molecule has 2 heteroatoms. The highest BCUT2D eigenvalue weighted by Gasteiger charge is 2.19. The van der Waals surface area contributed by atoms with E-state index in [0.717, 1.165) is 0 Å². The Morgan fingerprint density at radius 2 is 1.39 bits per heavy atom. The van der Waals surface area contributed by atoms with Gasteiger partial charge in [0.1, 0.15) is 0 Å². The highest BCUT2D eigenvalue weighted by Crippen LogP contribution is 2.11. The molecule has 1 nitrogen and oxygen atoms in total. The van der Waals surface area contributed by atoms with Crippen LogP contribution in [0.5, 0.6) is 0 Å². The Bertz CT molecular complexity index is 285. The number of hydrogen-bond acceptors (Lipinski definition) is 0. The number of benzene rings is 1. The van der Waals surface area contributed by atoms with E-state index in [1.54, 1.807) is 0 Å². The first-order chi connectivity index (χ1) is 8.26. The van der Waals surface area contributed by atoms with Gasteiger partial charge in [-0.3, -0.25) is 0 Å². The normalized spacial score (nSPS) is 11.1. The first-order valence-electron chi connectivity index (χ1n) is 7.15. The lowest BCUT2D eigenvalue weighted by molar-refractivity contribution is -0.923. The third-order valence-electron chi connectivity index (χ3n) is 4.20. The highest BCUT2D eigenvalue weighted by molar-refractivity contribution is 5.14. The molecule has 0 N–H and O–H groups in total. The van der Waals surface area contributed by atoms with Crippen molar-refractivity contribution in [2.45, 2.75) is 40.0 Å². The molecule has 0 unspecified atom stereocenters. The summed E-state index contributed by atoms with van der Waals surface area (Å²) in [5.41, 5.74) is 1.48. The first kappa shape index (κ1) is 17.7. The molecule has 0 saturated heterocycles. The van der Waals surface area contributed by atoms with Crippen molar-refractivity contribution >= 4 is 0 Å². The number of unbranched alkanes of at least 4 members (excludes halogenated alkanes) is 1. The van der Waals surface area contributed by atoms with Gasteiger partial charge >= 0.3 is 0 Å². The van der Waals surface area contributed by atoms with Gasteiger partial charge in [-0.25, -0.2) is 0 Å². The van der Waals surface area contributed by atoms with Gasteiger partial charge < -0.3 is 21.5 Å². The SMILES string of the molecule is CC[N+](CC)(CC)CCCCc1ccccc1.[Br-]. The van der Waals surface area contributed by atoms with E-state index < -0.39 is 0 Å². The van der Waals surface area contributed by atoms with Gasteiger partial charge in [0.05, 0.1) is 26.2 Å². The van der Waals surface area contributed by atoms with E-state index in [0.29, 0.717) is 0 Å². The van der Waals surface area contributed by atoms with Gasteiger partial charge in [0, 0.05) is 0 Å². The number of quaternary nitrogens is 1. The molecule has 104 valence electrons. The van der Waals surface area contributed by atoms with Crippen molar-refractivity contribution in [3.05, 3.63) is 35.9 Å². The van der Waals surface area contributed by atoms with Gasteiger partial charge in [-0.15, -0.1) is 0 Å². The van der Waals surface area contributed by atoms with Crippen LogP contribution in [-0.2, 0) is 6.42 Å². The van der Waals surface area contributed by atoms with Crippen molar-refractivity contribution in [2.75, 3.05) is 26.2 Å². The number of hydrogen-bond donors (Lipinski definition) is 0. The minimum Gasteiger partial charge on any atom is -1.00 e. The molecule has 0 fully saturated rings.